The summed E-state index contributed by atoms with van der Waals surface area (Å²) < 4.78 is 34.4. The molecule has 168 valence electrons. The lowest BCUT2D eigenvalue weighted by Crippen LogP contribution is -2.44. The molecular formula is C25H26BrNO4S. The Labute approximate surface area is 198 Å². The number of rotatable bonds is 9. The van der Waals surface area contributed by atoms with Crippen LogP contribution < -0.4 is 9.04 Å². The summed E-state index contributed by atoms with van der Waals surface area (Å²) in [5, 5.41) is 0. The molecule has 0 spiro atoms. The molecule has 3 rings (SSSR count). The van der Waals surface area contributed by atoms with E-state index in [1.807, 2.05) is 18.2 Å². The van der Waals surface area contributed by atoms with Gasteiger partial charge in [-0.3, -0.25) is 4.79 Å². The van der Waals surface area contributed by atoms with E-state index in [-0.39, 0.29) is 10.6 Å². The van der Waals surface area contributed by atoms with Crippen LogP contribution in [-0.2, 0) is 21.2 Å². The van der Waals surface area contributed by atoms with Gasteiger partial charge < -0.3 is 4.74 Å². The SMILES string of the molecule is CCCCc1ccc(N(C(=O)C(C)Oc2cccc(Br)c2)S(=O)(=O)c2ccccc2)cc1. The first-order chi connectivity index (χ1) is 15.3. The molecule has 0 aliphatic rings. The molecule has 7 heteroatoms. The number of hydrogen-bond donors (Lipinski definition) is 0. The van der Waals surface area contributed by atoms with Crippen LogP contribution in [0.5, 0.6) is 5.75 Å². The van der Waals surface area contributed by atoms with Crippen LogP contribution in [0.25, 0.3) is 0 Å². The molecule has 0 heterocycles. The molecule has 0 radical (unpaired) electrons. The zero-order valence-electron chi connectivity index (χ0n) is 18.1. The van der Waals surface area contributed by atoms with Gasteiger partial charge in [-0.15, -0.1) is 0 Å². The van der Waals surface area contributed by atoms with Gasteiger partial charge in [-0.1, -0.05) is 65.7 Å². The van der Waals surface area contributed by atoms with Crippen molar-refractivity contribution in [3.63, 3.8) is 0 Å². The van der Waals surface area contributed by atoms with Crippen molar-refractivity contribution in [1.29, 1.82) is 0 Å². The number of carbonyl (C=O) groups excluding carboxylic acids is 1. The zero-order chi connectivity index (χ0) is 23.1. The summed E-state index contributed by atoms with van der Waals surface area (Å²) >= 11 is 3.37. The van der Waals surface area contributed by atoms with Crippen molar-refractivity contribution in [2.24, 2.45) is 0 Å². The van der Waals surface area contributed by atoms with Crippen molar-refractivity contribution in [3.05, 3.63) is 88.9 Å². The molecule has 0 aromatic heterocycles. The van der Waals surface area contributed by atoms with Gasteiger partial charge >= 0.3 is 0 Å². The van der Waals surface area contributed by atoms with Crippen LogP contribution in [0.15, 0.2) is 88.2 Å². The maximum absolute atomic E-state index is 13.5. The van der Waals surface area contributed by atoms with Crippen LogP contribution in [0.3, 0.4) is 0 Å². The van der Waals surface area contributed by atoms with Crippen LogP contribution in [0.1, 0.15) is 32.3 Å². The van der Waals surface area contributed by atoms with E-state index < -0.39 is 22.0 Å². The van der Waals surface area contributed by atoms with Gasteiger partial charge in [0.05, 0.1) is 10.6 Å². The van der Waals surface area contributed by atoms with Crippen molar-refractivity contribution < 1.29 is 17.9 Å². The van der Waals surface area contributed by atoms with Crippen LogP contribution in [-0.4, -0.2) is 20.4 Å². The molecule has 3 aromatic carbocycles. The third-order valence-corrected chi connectivity index (χ3v) is 7.16. The molecule has 0 bridgehead atoms. The lowest BCUT2D eigenvalue weighted by Gasteiger charge is -2.26. The Balaban J connectivity index is 1.97. The molecular weight excluding hydrogens is 490 g/mol. The summed E-state index contributed by atoms with van der Waals surface area (Å²) in [5.41, 5.74) is 1.38. The topological polar surface area (TPSA) is 63.7 Å². The van der Waals surface area contributed by atoms with Crippen LogP contribution in [0.4, 0.5) is 5.69 Å². The number of carbonyl (C=O) groups is 1. The highest BCUT2D eigenvalue weighted by molar-refractivity contribution is 9.10. The predicted molar refractivity (Wildman–Crippen MR) is 130 cm³/mol. The smallest absolute Gasteiger partial charge is 0.281 e. The predicted octanol–water partition coefficient (Wildman–Crippen LogP) is 5.98. The number of nitrogens with zero attached hydrogens (tertiary/aromatic N) is 1. The molecule has 3 aromatic rings. The Morgan fingerprint density at radius 3 is 2.31 bits per heavy atom. The first kappa shape index (κ1) is 24.0. The van der Waals surface area contributed by atoms with Crippen molar-refractivity contribution >= 4 is 37.5 Å². The van der Waals surface area contributed by atoms with Gasteiger partial charge in [0.15, 0.2) is 6.10 Å². The number of unbranched alkanes of at least 4 members (excludes halogenated alkanes) is 1. The molecule has 1 unspecified atom stereocenters. The molecule has 0 fully saturated rings. The number of amides is 1. The van der Waals surface area contributed by atoms with Crippen molar-refractivity contribution in [2.75, 3.05) is 4.31 Å². The van der Waals surface area contributed by atoms with E-state index in [4.69, 9.17) is 4.74 Å². The van der Waals surface area contributed by atoms with Gasteiger partial charge in [-0.05, 0) is 67.8 Å². The van der Waals surface area contributed by atoms with Crippen molar-refractivity contribution in [3.8, 4) is 5.75 Å². The molecule has 32 heavy (non-hydrogen) atoms. The van der Waals surface area contributed by atoms with Gasteiger partial charge in [0.2, 0.25) is 0 Å². The normalized spacial score (nSPS) is 12.2. The van der Waals surface area contributed by atoms with E-state index in [1.165, 1.54) is 12.1 Å². The summed E-state index contributed by atoms with van der Waals surface area (Å²) in [6, 6.07) is 22.1. The van der Waals surface area contributed by atoms with Gasteiger partial charge in [0.1, 0.15) is 5.75 Å². The fourth-order valence-electron chi connectivity index (χ4n) is 3.22. The minimum atomic E-state index is -4.13. The van der Waals surface area contributed by atoms with Gasteiger partial charge in [0, 0.05) is 4.47 Å². The van der Waals surface area contributed by atoms with E-state index in [0.29, 0.717) is 5.75 Å². The summed E-state index contributed by atoms with van der Waals surface area (Å²) in [6.07, 6.45) is 1.99. The lowest BCUT2D eigenvalue weighted by molar-refractivity contribution is -0.123. The van der Waals surface area contributed by atoms with Gasteiger partial charge in [0.25, 0.3) is 15.9 Å². The quantitative estimate of drug-likeness (QED) is 0.351. The van der Waals surface area contributed by atoms with E-state index in [1.54, 1.807) is 55.5 Å². The Kier molecular flexibility index (Phi) is 8.10. The monoisotopic (exact) mass is 515 g/mol. The number of halogens is 1. The molecule has 0 saturated heterocycles. The van der Waals surface area contributed by atoms with Crippen LogP contribution in [0.2, 0.25) is 0 Å². The third-order valence-electron chi connectivity index (χ3n) is 4.93. The number of anilines is 1. The highest BCUT2D eigenvalue weighted by Gasteiger charge is 2.34. The standard InChI is InChI=1S/C25H26BrNO4S/c1-3-4-9-20-14-16-22(17-15-20)27(32(29,30)24-12-6-5-7-13-24)25(28)19(2)31-23-11-8-10-21(26)18-23/h5-8,10-19H,3-4,9H2,1-2H3. The molecule has 0 N–H and O–H groups in total. The van der Waals surface area contributed by atoms with Crippen molar-refractivity contribution in [2.45, 2.75) is 44.1 Å². The average molecular weight is 516 g/mol. The van der Waals surface area contributed by atoms with Gasteiger partial charge in [-0.25, -0.2) is 8.42 Å². The van der Waals surface area contributed by atoms with E-state index in [0.717, 1.165) is 33.6 Å². The second-order valence-electron chi connectivity index (χ2n) is 7.41. The first-order valence-corrected chi connectivity index (χ1v) is 12.7. The number of sulfonamides is 1. The Morgan fingerprint density at radius 1 is 1.00 bits per heavy atom. The van der Waals surface area contributed by atoms with Crippen molar-refractivity contribution in [1.82, 2.24) is 0 Å². The fourth-order valence-corrected chi connectivity index (χ4v) is 5.10. The second kappa shape index (κ2) is 10.8. The number of aryl methyl sites for hydroxylation is 1. The highest BCUT2D eigenvalue weighted by Crippen LogP contribution is 2.27. The maximum atomic E-state index is 13.5. The number of benzene rings is 3. The molecule has 0 aliphatic carbocycles. The largest absolute Gasteiger partial charge is 0.481 e. The first-order valence-electron chi connectivity index (χ1n) is 10.5. The van der Waals surface area contributed by atoms with Crippen LogP contribution in [0, 0.1) is 0 Å². The third kappa shape index (κ3) is 5.78. The fraction of sp³-hybridized carbons (Fsp3) is 0.240. The number of hydrogen-bond acceptors (Lipinski definition) is 4. The van der Waals surface area contributed by atoms with Gasteiger partial charge in [-0.2, -0.15) is 4.31 Å². The molecule has 5 nitrogen and oxygen atoms in total. The molecule has 0 aliphatic heterocycles. The summed E-state index contributed by atoms with van der Waals surface area (Å²) in [6.45, 7) is 3.67. The van der Waals surface area contributed by atoms with E-state index in [9.17, 15) is 13.2 Å². The minimum Gasteiger partial charge on any atom is -0.481 e. The second-order valence-corrected chi connectivity index (χ2v) is 10.1. The van der Waals surface area contributed by atoms with E-state index >= 15 is 0 Å². The molecule has 1 atom stereocenters. The Morgan fingerprint density at radius 2 is 1.69 bits per heavy atom. The van der Waals surface area contributed by atoms with Crippen LogP contribution >= 0.6 is 15.9 Å². The molecule has 1 amide bonds. The van der Waals surface area contributed by atoms with E-state index in [2.05, 4.69) is 22.9 Å². The summed E-state index contributed by atoms with van der Waals surface area (Å²) in [4.78, 5) is 13.5. The number of ether oxygens (including phenoxy) is 1. The average Bonchev–Trinajstić information content (AvgIpc) is 2.79. The highest BCUT2D eigenvalue weighted by atomic mass is 79.9. The lowest BCUT2D eigenvalue weighted by atomic mass is 10.1. The Bertz CT molecular complexity index is 1150. The Hall–Kier alpha value is -2.64. The zero-order valence-corrected chi connectivity index (χ0v) is 20.5. The minimum absolute atomic E-state index is 0.0399. The molecule has 0 saturated carbocycles. The maximum Gasteiger partial charge on any atom is 0.281 e. The summed E-state index contributed by atoms with van der Waals surface area (Å²) in [5.74, 6) is -0.206. The summed E-state index contributed by atoms with van der Waals surface area (Å²) in [7, 11) is -4.13.